The zero-order valence-corrected chi connectivity index (χ0v) is 13.4. The van der Waals surface area contributed by atoms with Crippen molar-refractivity contribution in [2.75, 3.05) is 7.11 Å². The maximum absolute atomic E-state index is 11.4. The van der Waals surface area contributed by atoms with Gasteiger partial charge in [0.15, 0.2) is 0 Å². The maximum Gasteiger partial charge on any atom is 0.337 e. The lowest BCUT2D eigenvalue weighted by molar-refractivity contribution is 0.0600. The van der Waals surface area contributed by atoms with Crippen LogP contribution in [-0.2, 0) is 11.3 Å². The van der Waals surface area contributed by atoms with Crippen molar-refractivity contribution in [1.29, 1.82) is 0 Å². The highest BCUT2D eigenvalue weighted by atomic mass is 35.5. The second-order valence-corrected chi connectivity index (χ2v) is 5.17. The number of carbonyl (C=O) groups is 1. The van der Waals surface area contributed by atoms with Crippen LogP contribution in [0.4, 0.5) is 5.69 Å². The number of hydrogen-bond donors (Lipinski definition) is 0. The van der Waals surface area contributed by atoms with E-state index in [1.807, 2.05) is 0 Å². The maximum atomic E-state index is 11.4. The summed E-state index contributed by atoms with van der Waals surface area (Å²) in [5, 5.41) is 4.14. The summed E-state index contributed by atoms with van der Waals surface area (Å²) in [6.45, 7) is 2.03. The third-order valence-corrected chi connectivity index (χ3v) is 3.36. The summed E-state index contributed by atoms with van der Waals surface area (Å²) < 4.78 is 10.3. The first-order valence-electron chi connectivity index (χ1n) is 6.70. The summed E-state index contributed by atoms with van der Waals surface area (Å²) in [7, 11) is 1.33. The Hall–Kier alpha value is -2.69. The number of esters is 1. The number of ether oxygens (including phenoxy) is 2. The molecule has 7 heteroatoms. The fourth-order valence-corrected chi connectivity index (χ4v) is 2.27. The Balaban J connectivity index is 2.17. The highest BCUT2D eigenvalue weighted by molar-refractivity contribution is 6.30. The van der Waals surface area contributed by atoms with Gasteiger partial charge in [-0.15, -0.1) is 0 Å². The molecule has 0 spiro atoms. The largest absolute Gasteiger partial charge is 0.488 e. The average Bonchev–Trinajstić information content (AvgIpc) is 2.55. The molecule has 23 heavy (non-hydrogen) atoms. The molecule has 0 bridgehead atoms. The van der Waals surface area contributed by atoms with E-state index in [4.69, 9.17) is 21.9 Å². The van der Waals surface area contributed by atoms with Crippen LogP contribution in [0.2, 0.25) is 5.02 Å². The van der Waals surface area contributed by atoms with Gasteiger partial charge in [0.1, 0.15) is 12.4 Å². The van der Waals surface area contributed by atoms with Gasteiger partial charge in [-0.05, 0) is 47.8 Å². The predicted octanol–water partition coefficient (Wildman–Crippen LogP) is 4.96. The van der Waals surface area contributed by atoms with Crippen LogP contribution in [0.15, 0.2) is 41.5 Å². The molecule has 0 saturated carbocycles. The molecule has 0 fully saturated rings. The molecule has 0 unspecified atom stereocenters. The molecule has 0 N–H and O–H groups in total. The molecule has 0 aliphatic heterocycles. The molecule has 0 saturated heterocycles. The molecular weight excluding hydrogens is 318 g/mol. The van der Waals surface area contributed by atoms with Gasteiger partial charge < -0.3 is 9.47 Å². The van der Waals surface area contributed by atoms with E-state index in [0.29, 0.717) is 22.0 Å². The summed E-state index contributed by atoms with van der Waals surface area (Å²) >= 11 is 6.01. The highest BCUT2D eigenvalue weighted by Gasteiger charge is 2.09. The number of methoxy groups -OCH3 is 1. The van der Waals surface area contributed by atoms with Gasteiger partial charge in [0, 0.05) is 9.93 Å². The molecule has 118 valence electrons. The highest BCUT2D eigenvalue weighted by Crippen LogP contribution is 2.35. The number of carbonyl (C=O) groups excluding carboxylic acids is 1. The van der Waals surface area contributed by atoms with Gasteiger partial charge in [-0.2, -0.15) is 0 Å². The standard InChI is InChI=1S/C16H14ClN3O3/c1-10-7-13(17)8-14(15(10)19-20-18)23-9-11-3-5-12(6-4-11)16(21)22-2/h3-8H,9H2,1-2H3. The first kappa shape index (κ1) is 16.7. The smallest absolute Gasteiger partial charge is 0.337 e. The number of azide groups is 1. The van der Waals surface area contributed by atoms with Crippen molar-refractivity contribution in [3.63, 3.8) is 0 Å². The van der Waals surface area contributed by atoms with E-state index < -0.39 is 5.97 Å². The lowest BCUT2D eigenvalue weighted by atomic mass is 10.1. The molecule has 0 aromatic heterocycles. The lowest BCUT2D eigenvalue weighted by Crippen LogP contribution is -2.02. The Labute approximate surface area is 138 Å². The van der Waals surface area contributed by atoms with E-state index in [1.165, 1.54) is 7.11 Å². The number of benzene rings is 2. The van der Waals surface area contributed by atoms with E-state index in [0.717, 1.165) is 11.1 Å². The number of nitrogens with zero attached hydrogens (tertiary/aromatic N) is 3. The molecule has 2 aromatic carbocycles. The quantitative estimate of drug-likeness (QED) is 0.336. The molecule has 0 radical (unpaired) electrons. The number of hydrogen-bond acceptors (Lipinski definition) is 4. The fraction of sp³-hybridized carbons (Fsp3) is 0.188. The van der Waals surface area contributed by atoms with Crippen LogP contribution in [0, 0.1) is 6.92 Å². The third kappa shape index (κ3) is 4.16. The monoisotopic (exact) mass is 331 g/mol. The van der Waals surface area contributed by atoms with Crippen LogP contribution in [-0.4, -0.2) is 13.1 Å². The average molecular weight is 332 g/mol. The molecule has 0 aliphatic carbocycles. The number of aryl methyl sites for hydroxylation is 1. The summed E-state index contributed by atoms with van der Waals surface area (Å²) in [5.41, 5.74) is 11.1. The molecular formula is C16H14ClN3O3. The molecule has 0 atom stereocenters. The number of rotatable bonds is 5. The normalized spacial score (nSPS) is 9.87. The lowest BCUT2D eigenvalue weighted by Gasteiger charge is -2.11. The summed E-state index contributed by atoms with van der Waals surface area (Å²) in [6.07, 6.45) is 0. The third-order valence-electron chi connectivity index (χ3n) is 3.14. The Morgan fingerprint density at radius 1 is 1.30 bits per heavy atom. The molecule has 2 rings (SSSR count). The summed E-state index contributed by atoms with van der Waals surface area (Å²) in [5.74, 6) is 0.0124. The topological polar surface area (TPSA) is 84.3 Å². The van der Waals surface area contributed by atoms with Crippen molar-refractivity contribution in [1.82, 2.24) is 0 Å². The zero-order chi connectivity index (χ0) is 16.8. The Kier molecular flexibility index (Phi) is 5.46. The first-order chi connectivity index (χ1) is 11.0. The van der Waals surface area contributed by atoms with E-state index in [9.17, 15) is 4.79 Å². The van der Waals surface area contributed by atoms with Crippen molar-refractivity contribution in [2.24, 2.45) is 5.11 Å². The first-order valence-corrected chi connectivity index (χ1v) is 7.08. The van der Waals surface area contributed by atoms with Gasteiger partial charge in [0.25, 0.3) is 0 Å². The molecule has 0 aliphatic rings. The predicted molar refractivity (Wildman–Crippen MR) is 87.1 cm³/mol. The van der Waals surface area contributed by atoms with Crippen molar-refractivity contribution in [3.05, 3.63) is 68.6 Å². The molecule has 0 heterocycles. The van der Waals surface area contributed by atoms with E-state index in [2.05, 4.69) is 14.8 Å². The number of halogens is 1. The Morgan fingerprint density at radius 2 is 2.00 bits per heavy atom. The van der Waals surface area contributed by atoms with Gasteiger partial charge in [-0.3, -0.25) is 0 Å². The molecule has 6 nitrogen and oxygen atoms in total. The van der Waals surface area contributed by atoms with Crippen molar-refractivity contribution in [3.8, 4) is 5.75 Å². The molecule has 0 amide bonds. The second kappa shape index (κ2) is 7.54. The van der Waals surface area contributed by atoms with Gasteiger partial charge >= 0.3 is 5.97 Å². The second-order valence-electron chi connectivity index (χ2n) is 4.74. The van der Waals surface area contributed by atoms with Crippen molar-refractivity contribution in [2.45, 2.75) is 13.5 Å². The minimum absolute atomic E-state index is 0.245. The van der Waals surface area contributed by atoms with Crippen LogP contribution in [0.1, 0.15) is 21.5 Å². The van der Waals surface area contributed by atoms with Crippen LogP contribution in [0.5, 0.6) is 5.75 Å². The van der Waals surface area contributed by atoms with Crippen molar-refractivity contribution < 1.29 is 14.3 Å². The SMILES string of the molecule is COC(=O)c1ccc(COc2cc(Cl)cc(C)c2N=[N+]=[N-])cc1. The molecule has 2 aromatic rings. The summed E-state index contributed by atoms with van der Waals surface area (Å²) in [6, 6.07) is 10.1. The van der Waals surface area contributed by atoms with Gasteiger partial charge in [0.05, 0.1) is 18.4 Å². The van der Waals surface area contributed by atoms with Crippen LogP contribution in [0.3, 0.4) is 0 Å². The van der Waals surface area contributed by atoms with Gasteiger partial charge in [0.2, 0.25) is 0 Å². The minimum atomic E-state index is -0.395. The van der Waals surface area contributed by atoms with Gasteiger partial charge in [-0.25, -0.2) is 4.79 Å². The van der Waals surface area contributed by atoms with E-state index in [-0.39, 0.29) is 6.61 Å². The zero-order valence-electron chi connectivity index (χ0n) is 12.6. The Bertz CT molecular complexity index is 769. The van der Waals surface area contributed by atoms with Crippen molar-refractivity contribution >= 4 is 23.3 Å². The van der Waals surface area contributed by atoms with Crippen LogP contribution in [0.25, 0.3) is 10.4 Å². The summed E-state index contributed by atoms with van der Waals surface area (Å²) in [4.78, 5) is 14.2. The Morgan fingerprint density at radius 3 is 2.61 bits per heavy atom. The minimum Gasteiger partial charge on any atom is -0.488 e. The van der Waals surface area contributed by atoms with E-state index >= 15 is 0 Å². The van der Waals surface area contributed by atoms with Crippen LogP contribution < -0.4 is 4.74 Å². The van der Waals surface area contributed by atoms with Gasteiger partial charge in [-0.1, -0.05) is 28.8 Å². The fourth-order valence-electron chi connectivity index (χ4n) is 2.00. The van der Waals surface area contributed by atoms with Crippen LogP contribution >= 0.6 is 11.6 Å². The van der Waals surface area contributed by atoms with E-state index in [1.54, 1.807) is 43.3 Å².